The van der Waals surface area contributed by atoms with Crippen molar-refractivity contribution in [3.63, 3.8) is 0 Å². The van der Waals surface area contributed by atoms with Crippen LogP contribution in [0.1, 0.15) is 43.2 Å². The van der Waals surface area contributed by atoms with Crippen molar-refractivity contribution in [2.24, 2.45) is 0 Å². The van der Waals surface area contributed by atoms with Crippen molar-refractivity contribution in [1.29, 1.82) is 0 Å². The predicted molar refractivity (Wildman–Crippen MR) is 112 cm³/mol. The lowest BCUT2D eigenvalue weighted by Gasteiger charge is -2.17. The van der Waals surface area contributed by atoms with Crippen molar-refractivity contribution in [3.05, 3.63) is 83.8 Å². The van der Waals surface area contributed by atoms with Gasteiger partial charge in [-0.15, -0.1) is 0 Å². The summed E-state index contributed by atoms with van der Waals surface area (Å²) >= 11 is 0. The van der Waals surface area contributed by atoms with E-state index in [0.29, 0.717) is 29.8 Å². The number of halogens is 3. The average Bonchev–Trinajstić information content (AvgIpc) is 3.22. The Labute approximate surface area is 179 Å². The number of hydrogen-bond acceptors (Lipinski definition) is 4. The highest BCUT2D eigenvalue weighted by Gasteiger charge is 2.30. The van der Waals surface area contributed by atoms with Crippen LogP contribution >= 0.6 is 0 Å². The Bertz CT molecular complexity index is 1010. The number of alkyl halides is 3. The standard InChI is InChI=1S/C24H24F3NO3/c1-3-21(31-22-10-5-4-8-17(22)9-6-7-16(2)29)20-15-30-23(28-20)18-11-13-19(14-12-18)24(25,26)27/h4-8,10-16,21,29H,3,9H2,1-2H3. The fourth-order valence-corrected chi connectivity index (χ4v) is 3.05. The van der Waals surface area contributed by atoms with Crippen LogP contribution in [0.4, 0.5) is 13.2 Å². The first kappa shape index (κ1) is 22.6. The average molecular weight is 431 g/mol. The molecule has 3 aromatic rings. The van der Waals surface area contributed by atoms with Crippen molar-refractivity contribution >= 4 is 0 Å². The lowest BCUT2D eigenvalue weighted by Crippen LogP contribution is -2.08. The zero-order chi connectivity index (χ0) is 22.4. The summed E-state index contributed by atoms with van der Waals surface area (Å²) in [5.74, 6) is 0.933. The minimum atomic E-state index is -4.39. The normalized spacial score (nSPS) is 14.0. The van der Waals surface area contributed by atoms with Crippen LogP contribution in [0.15, 0.2) is 71.4 Å². The van der Waals surface area contributed by atoms with Gasteiger partial charge in [0.15, 0.2) is 0 Å². The maximum atomic E-state index is 12.8. The first-order valence-electron chi connectivity index (χ1n) is 10.00. The van der Waals surface area contributed by atoms with E-state index in [1.54, 1.807) is 13.0 Å². The molecule has 4 nitrogen and oxygen atoms in total. The van der Waals surface area contributed by atoms with Gasteiger partial charge in [-0.2, -0.15) is 13.2 Å². The maximum Gasteiger partial charge on any atom is 0.416 e. The highest BCUT2D eigenvalue weighted by molar-refractivity contribution is 5.54. The van der Waals surface area contributed by atoms with Gasteiger partial charge in [0.05, 0.1) is 11.7 Å². The molecular weight excluding hydrogens is 407 g/mol. The number of aliphatic hydroxyl groups is 1. The molecule has 0 spiro atoms. The number of ether oxygens (including phenoxy) is 1. The van der Waals surface area contributed by atoms with Crippen molar-refractivity contribution in [3.8, 4) is 17.2 Å². The van der Waals surface area contributed by atoms with E-state index in [9.17, 15) is 18.3 Å². The number of benzene rings is 2. The molecule has 7 heteroatoms. The van der Waals surface area contributed by atoms with E-state index in [4.69, 9.17) is 9.15 Å². The van der Waals surface area contributed by atoms with E-state index >= 15 is 0 Å². The van der Waals surface area contributed by atoms with Crippen LogP contribution in [0, 0.1) is 0 Å². The fourth-order valence-electron chi connectivity index (χ4n) is 3.05. The molecule has 1 N–H and O–H groups in total. The second-order valence-electron chi connectivity index (χ2n) is 7.15. The molecule has 0 saturated heterocycles. The second kappa shape index (κ2) is 9.83. The fraction of sp³-hybridized carbons (Fsp3) is 0.292. The van der Waals surface area contributed by atoms with Crippen LogP contribution in [-0.4, -0.2) is 16.2 Å². The van der Waals surface area contributed by atoms with E-state index < -0.39 is 17.8 Å². The molecule has 0 aliphatic rings. The zero-order valence-electron chi connectivity index (χ0n) is 17.3. The van der Waals surface area contributed by atoms with Crippen LogP contribution in [0.25, 0.3) is 11.5 Å². The molecule has 0 aliphatic carbocycles. The van der Waals surface area contributed by atoms with Gasteiger partial charge in [0.1, 0.15) is 23.8 Å². The molecule has 2 atom stereocenters. The first-order valence-corrected chi connectivity index (χ1v) is 10.00. The quantitative estimate of drug-likeness (QED) is 0.421. The summed E-state index contributed by atoms with van der Waals surface area (Å²) in [6, 6.07) is 12.3. The van der Waals surface area contributed by atoms with E-state index in [2.05, 4.69) is 4.98 Å². The van der Waals surface area contributed by atoms with Crippen molar-refractivity contribution in [1.82, 2.24) is 4.98 Å². The van der Waals surface area contributed by atoms with Crippen molar-refractivity contribution < 1.29 is 27.4 Å². The van der Waals surface area contributed by atoms with E-state index in [1.165, 1.54) is 18.4 Å². The van der Waals surface area contributed by atoms with Crippen LogP contribution in [0.5, 0.6) is 5.75 Å². The number of aromatic nitrogens is 1. The first-order chi connectivity index (χ1) is 14.8. The minimum absolute atomic E-state index is 0.235. The number of rotatable bonds is 8. The predicted octanol–water partition coefficient (Wildman–Crippen LogP) is 6.37. The van der Waals surface area contributed by atoms with E-state index in [0.717, 1.165) is 17.7 Å². The third-order valence-corrected chi connectivity index (χ3v) is 4.68. The Morgan fingerprint density at radius 2 is 1.84 bits per heavy atom. The Kier molecular flexibility index (Phi) is 7.17. The van der Waals surface area contributed by atoms with Gasteiger partial charge in [-0.25, -0.2) is 4.98 Å². The number of hydrogen-bond donors (Lipinski definition) is 1. The smallest absolute Gasteiger partial charge is 0.416 e. The molecule has 164 valence electrons. The van der Waals surface area contributed by atoms with Gasteiger partial charge in [0.25, 0.3) is 0 Å². The van der Waals surface area contributed by atoms with Crippen LogP contribution in [-0.2, 0) is 12.6 Å². The number of nitrogens with zero attached hydrogens (tertiary/aromatic N) is 1. The molecule has 0 radical (unpaired) electrons. The molecular formula is C24H24F3NO3. The van der Waals surface area contributed by atoms with Crippen molar-refractivity contribution in [2.45, 2.75) is 45.1 Å². The minimum Gasteiger partial charge on any atom is -0.484 e. The second-order valence-corrected chi connectivity index (χ2v) is 7.15. The monoisotopic (exact) mass is 431 g/mol. The molecule has 1 aromatic heterocycles. The summed E-state index contributed by atoms with van der Waals surface area (Å²) in [7, 11) is 0. The molecule has 2 unspecified atom stereocenters. The Hall–Kier alpha value is -3.06. The van der Waals surface area contributed by atoms with Crippen LogP contribution < -0.4 is 4.74 Å². The maximum absolute atomic E-state index is 12.8. The number of oxazole rings is 1. The molecule has 0 fully saturated rings. The topological polar surface area (TPSA) is 55.5 Å². The summed E-state index contributed by atoms with van der Waals surface area (Å²) in [6.07, 6.45) is 0.999. The van der Waals surface area contributed by atoms with E-state index in [-0.39, 0.29) is 12.0 Å². The summed E-state index contributed by atoms with van der Waals surface area (Å²) in [5, 5.41) is 9.39. The molecule has 3 rings (SSSR count). The van der Waals surface area contributed by atoms with Gasteiger partial charge in [-0.1, -0.05) is 37.3 Å². The van der Waals surface area contributed by atoms with Crippen molar-refractivity contribution in [2.75, 3.05) is 0 Å². The molecule has 1 heterocycles. The third-order valence-electron chi connectivity index (χ3n) is 4.68. The number of allylic oxidation sites excluding steroid dienone is 1. The molecule has 2 aromatic carbocycles. The highest BCUT2D eigenvalue weighted by atomic mass is 19.4. The molecule has 0 saturated carbocycles. The lowest BCUT2D eigenvalue weighted by molar-refractivity contribution is -0.137. The summed E-state index contributed by atoms with van der Waals surface area (Å²) in [4.78, 5) is 4.43. The van der Waals surface area contributed by atoms with Gasteiger partial charge in [-0.05, 0) is 55.7 Å². The van der Waals surface area contributed by atoms with Gasteiger partial charge >= 0.3 is 6.18 Å². The van der Waals surface area contributed by atoms with Gasteiger partial charge in [0.2, 0.25) is 5.89 Å². The number of aliphatic hydroxyl groups excluding tert-OH is 1. The van der Waals surface area contributed by atoms with Crippen LogP contribution in [0.2, 0.25) is 0 Å². The largest absolute Gasteiger partial charge is 0.484 e. The third kappa shape index (κ3) is 5.98. The Morgan fingerprint density at radius 3 is 2.48 bits per heavy atom. The summed E-state index contributed by atoms with van der Waals surface area (Å²) < 4.78 is 50.0. The zero-order valence-corrected chi connectivity index (χ0v) is 17.3. The molecule has 31 heavy (non-hydrogen) atoms. The van der Waals surface area contributed by atoms with Gasteiger partial charge < -0.3 is 14.3 Å². The SMILES string of the molecule is CCC(Oc1ccccc1CC=CC(C)O)c1coc(-c2ccc(C(F)(F)F)cc2)n1. The molecule has 0 aliphatic heterocycles. The molecule has 0 amide bonds. The Morgan fingerprint density at radius 1 is 1.13 bits per heavy atom. The van der Waals surface area contributed by atoms with E-state index in [1.807, 2.05) is 37.3 Å². The van der Waals surface area contributed by atoms with Crippen LogP contribution in [0.3, 0.4) is 0 Å². The highest BCUT2D eigenvalue weighted by Crippen LogP contribution is 2.32. The van der Waals surface area contributed by atoms with Gasteiger partial charge in [0, 0.05) is 5.56 Å². The van der Waals surface area contributed by atoms with Gasteiger partial charge in [-0.3, -0.25) is 0 Å². The Balaban J connectivity index is 1.77. The molecule has 0 bridgehead atoms. The summed E-state index contributed by atoms with van der Waals surface area (Å²) in [5.41, 5.74) is 1.26. The summed E-state index contributed by atoms with van der Waals surface area (Å²) in [6.45, 7) is 3.64. The number of para-hydroxylation sites is 1. The lowest BCUT2D eigenvalue weighted by atomic mass is 10.1.